The summed E-state index contributed by atoms with van der Waals surface area (Å²) in [5.74, 6) is -1.88. The van der Waals surface area contributed by atoms with Gasteiger partial charge in [0.1, 0.15) is 11.2 Å². The van der Waals surface area contributed by atoms with Gasteiger partial charge in [-0.1, -0.05) is 6.08 Å². The monoisotopic (exact) mass is 591 g/mol. The second kappa shape index (κ2) is 12.3. The van der Waals surface area contributed by atoms with Crippen molar-refractivity contribution in [3.8, 4) is 23.0 Å². The lowest BCUT2D eigenvalue weighted by Gasteiger charge is -2.28. The first-order chi connectivity index (χ1) is 17.4. The van der Waals surface area contributed by atoms with Gasteiger partial charge in [0.25, 0.3) is 0 Å². The van der Waals surface area contributed by atoms with Crippen LogP contribution in [0.25, 0.3) is 11.5 Å². The maximum Gasteiger partial charge on any atom is 0.387 e. The topological polar surface area (TPSA) is 157 Å². The number of alkyl halides is 2. The van der Waals surface area contributed by atoms with Crippen molar-refractivity contribution in [1.82, 2.24) is 4.98 Å². The Morgan fingerprint density at radius 1 is 1.18 bits per heavy atom. The summed E-state index contributed by atoms with van der Waals surface area (Å²) in [6.07, 6.45) is 5.32. The van der Waals surface area contributed by atoms with Gasteiger partial charge in [-0.05, 0) is 56.9 Å². The third-order valence-electron chi connectivity index (χ3n) is 6.26. The molecule has 1 aliphatic carbocycles. The van der Waals surface area contributed by atoms with Gasteiger partial charge in [0, 0.05) is 18.2 Å². The van der Waals surface area contributed by atoms with Crippen LogP contribution in [0, 0.1) is 11.3 Å². The molecule has 1 fully saturated rings. The van der Waals surface area contributed by atoms with Gasteiger partial charge in [0.15, 0.2) is 17.0 Å². The Morgan fingerprint density at radius 3 is 2.38 bits per heavy atom. The van der Waals surface area contributed by atoms with Gasteiger partial charge in [0.2, 0.25) is 5.89 Å². The molecule has 4 rings (SSSR count). The predicted octanol–water partition coefficient (Wildman–Crippen LogP) is 4.69. The van der Waals surface area contributed by atoms with Crippen LogP contribution in [0.3, 0.4) is 0 Å². The number of carboxylic acid groups (broad SMARTS) is 2. The van der Waals surface area contributed by atoms with Crippen LogP contribution in [-0.2, 0) is 16.0 Å². The molecule has 2 heterocycles. The molecule has 0 spiro atoms. The molecule has 2 aliphatic rings. The summed E-state index contributed by atoms with van der Waals surface area (Å²) in [5.41, 5.74) is 3.39. The molecule has 2 aromatic rings. The van der Waals surface area contributed by atoms with Crippen LogP contribution >= 0.6 is 24.8 Å². The van der Waals surface area contributed by atoms with E-state index >= 15 is 0 Å². The number of carbonyl (C=O) groups is 2. The normalized spacial score (nSPS) is 22.5. The second-order valence-electron chi connectivity index (χ2n) is 9.50. The molecule has 3 unspecified atom stereocenters. The van der Waals surface area contributed by atoms with E-state index in [-0.39, 0.29) is 60.1 Å². The largest absolute Gasteiger partial charge is 0.489 e. The fraction of sp³-hybridized carbons (Fsp3) is 0.440. The number of hydrogen-bond acceptors (Lipinski definition) is 8. The standard InChI is InChI=1S/C25H27F2N3O7.2ClH/c1-13(28)19-16(10-25(22(33)34)8-7-24(2,12-29-25)21(31)32)30-20(37-19)15-5-6-17(36-23(26)27)18(9-15)35-11-14-3-4-14;;/h5-9,12-14,23H,3-4,10-11,28H2,1-2H3,(H,31,32)(H,33,34);2*1H. The summed E-state index contributed by atoms with van der Waals surface area (Å²) in [5, 5.41) is 19.4. The molecule has 1 aliphatic heterocycles. The van der Waals surface area contributed by atoms with Crippen LogP contribution < -0.4 is 15.2 Å². The van der Waals surface area contributed by atoms with Crippen LogP contribution in [0.1, 0.15) is 44.2 Å². The molecule has 1 aromatic carbocycles. The summed E-state index contributed by atoms with van der Waals surface area (Å²) in [6.45, 7) is 0.344. The maximum absolute atomic E-state index is 12.9. The SMILES string of the molecule is CC(N)c1oc(-c2ccc(OC(F)F)c(OCC3CC3)c2)nc1CC1(C(=O)O)C=CC(C)(C(=O)O)C=N1.Cl.Cl. The van der Waals surface area contributed by atoms with Crippen molar-refractivity contribution in [2.45, 2.75) is 51.3 Å². The highest BCUT2D eigenvalue weighted by Crippen LogP contribution is 2.38. The summed E-state index contributed by atoms with van der Waals surface area (Å²) in [7, 11) is 0. The van der Waals surface area contributed by atoms with Crippen molar-refractivity contribution in [1.29, 1.82) is 0 Å². The molecular weight excluding hydrogens is 563 g/mol. The molecular formula is C25H29Cl2F2N3O7. The number of rotatable bonds is 11. The fourth-order valence-electron chi connectivity index (χ4n) is 3.74. The van der Waals surface area contributed by atoms with Crippen LogP contribution in [0.15, 0.2) is 39.8 Å². The Bertz CT molecular complexity index is 1250. The van der Waals surface area contributed by atoms with Gasteiger partial charge < -0.3 is 29.8 Å². The highest BCUT2D eigenvalue weighted by atomic mass is 35.5. The average molecular weight is 592 g/mol. The molecule has 3 atom stereocenters. The van der Waals surface area contributed by atoms with Crippen molar-refractivity contribution in [3.05, 3.63) is 41.8 Å². The van der Waals surface area contributed by atoms with Crippen LogP contribution in [0.5, 0.6) is 11.5 Å². The van der Waals surface area contributed by atoms with E-state index < -0.39 is 35.5 Å². The van der Waals surface area contributed by atoms with Gasteiger partial charge >= 0.3 is 18.6 Å². The van der Waals surface area contributed by atoms with Crippen LogP contribution in [-0.4, -0.2) is 52.1 Å². The van der Waals surface area contributed by atoms with E-state index in [1.54, 1.807) is 6.92 Å². The lowest BCUT2D eigenvalue weighted by molar-refractivity contribution is -0.143. The van der Waals surface area contributed by atoms with E-state index in [4.69, 9.17) is 14.9 Å². The van der Waals surface area contributed by atoms with Crippen molar-refractivity contribution >= 4 is 43.0 Å². The van der Waals surface area contributed by atoms with Gasteiger partial charge in [-0.15, -0.1) is 24.8 Å². The number of aliphatic imine (C=N–C) groups is 1. The molecule has 0 bridgehead atoms. The maximum atomic E-state index is 12.9. The summed E-state index contributed by atoms with van der Waals surface area (Å²) in [6, 6.07) is 3.57. The first kappa shape index (κ1) is 32.0. The molecule has 1 aromatic heterocycles. The van der Waals surface area contributed by atoms with Gasteiger partial charge in [-0.25, -0.2) is 9.78 Å². The van der Waals surface area contributed by atoms with E-state index in [9.17, 15) is 28.6 Å². The van der Waals surface area contributed by atoms with Crippen molar-refractivity contribution in [2.75, 3.05) is 6.61 Å². The number of nitrogens with zero attached hydrogens (tertiary/aromatic N) is 2. The zero-order chi connectivity index (χ0) is 27.0. The predicted molar refractivity (Wildman–Crippen MR) is 141 cm³/mol. The van der Waals surface area contributed by atoms with E-state index in [0.717, 1.165) is 19.1 Å². The number of oxazole rings is 1. The Morgan fingerprint density at radius 2 is 1.87 bits per heavy atom. The highest BCUT2D eigenvalue weighted by molar-refractivity contribution is 5.99. The second-order valence-corrected chi connectivity index (χ2v) is 9.50. The average Bonchev–Trinajstić information content (AvgIpc) is 3.57. The first-order valence-corrected chi connectivity index (χ1v) is 11.6. The van der Waals surface area contributed by atoms with Crippen molar-refractivity contribution in [3.63, 3.8) is 0 Å². The molecule has 14 heteroatoms. The minimum absolute atomic E-state index is 0. The molecule has 4 N–H and O–H groups in total. The molecule has 1 saturated carbocycles. The van der Waals surface area contributed by atoms with E-state index in [1.165, 1.54) is 37.3 Å². The lowest BCUT2D eigenvalue weighted by atomic mass is 9.82. The summed E-state index contributed by atoms with van der Waals surface area (Å²) < 4.78 is 41.9. The minimum atomic E-state index is -3.04. The molecule has 10 nitrogen and oxygen atoms in total. The first-order valence-electron chi connectivity index (χ1n) is 11.6. The smallest absolute Gasteiger partial charge is 0.387 e. The summed E-state index contributed by atoms with van der Waals surface area (Å²) in [4.78, 5) is 32.3. The molecule has 0 radical (unpaired) electrons. The zero-order valence-corrected chi connectivity index (χ0v) is 22.6. The molecule has 0 saturated heterocycles. The van der Waals surface area contributed by atoms with E-state index in [0.29, 0.717) is 18.1 Å². The molecule has 39 heavy (non-hydrogen) atoms. The Kier molecular flexibility index (Phi) is 10.1. The van der Waals surface area contributed by atoms with Crippen LogP contribution in [0.4, 0.5) is 8.78 Å². The zero-order valence-electron chi connectivity index (χ0n) is 21.0. The number of hydrogen-bond donors (Lipinski definition) is 3. The quantitative estimate of drug-likeness (QED) is 0.315. The van der Waals surface area contributed by atoms with Gasteiger partial charge in [-0.2, -0.15) is 8.78 Å². The van der Waals surface area contributed by atoms with Crippen LogP contribution in [0.2, 0.25) is 0 Å². The minimum Gasteiger partial charge on any atom is -0.489 e. The number of ether oxygens (including phenoxy) is 2. The number of dihydropyridines is 1. The molecule has 214 valence electrons. The Balaban J connectivity index is 0.00000267. The van der Waals surface area contributed by atoms with Gasteiger partial charge in [0.05, 0.1) is 18.3 Å². The van der Waals surface area contributed by atoms with E-state index in [2.05, 4.69) is 14.7 Å². The third kappa shape index (κ3) is 7.06. The number of nitrogens with two attached hydrogens (primary N) is 1. The highest BCUT2D eigenvalue weighted by Gasteiger charge is 2.43. The Labute approximate surface area is 235 Å². The Hall–Kier alpha value is -3.22. The van der Waals surface area contributed by atoms with E-state index in [1.807, 2.05) is 0 Å². The third-order valence-corrected chi connectivity index (χ3v) is 6.26. The number of aliphatic carboxylic acids is 2. The number of halogens is 4. The number of benzene rings is 1. The lowest BCUT2D eigenvalue weighted by Crippen LogP contribution is -2.43. The number of carboxylic acids is 2. The van der Waals surface area contributed by atoms with Gasteiger partial charge in [-0.3, -0.25) is 9.79 Å². The van der Waals surface area contributed by atoms with Crippen molar-refractivity contribution in [2.24, 2.45) is 22.1 Å². The fourth-order valence-corrected chi connectivity index (χ4v) is 3.74. The summed E-state index contributed by atoms with van der Waals surface area (Å²) >= 11 is 0. The van der Waals surface area contributed by atoms with Crippen molar-refractivity contribution < 1.29 is 42.5 Å². The number of aromatic nitrogens is 1. The molecule has 0 amide bonds.